The third-order valence-corrected chi connectivity index (χ3v) is 4.41. The summed E-state index contributed by atoms with van der Waals surface area (Å²) < 4.78 is 33.2. The Hall–Kier alpha value is -1.96. The van der Waals surface area contributed by atoms with Crippen molar-refractivity contribution in [3.63, 3.8) is 0 Å². The molecule has 0 saturated carbocycles. The van der Waals surface area contributed by atoms with Crippen LogP contribution in [0, 0.1) is 0 Å². The van der Waals surface area contributed by atoms with E-state index in [-0.39, 0.29) is 5.75 Å². The maximum atomic E-state index is 12.5. The molecule has 0 spiro atoms. The lowest BCUT2D eigenvalue weighted by molar-refractivity contribution is 0.201. The molecule has 0 bridgehead atoms. The van der Waals surface area contributed by atoms with Gasteiger partial charge in [-0.25, -0.2) is 13.2 Å². The standard InChI is InChI=1S/C15H24N2O5S/c1-6-17(11(2)10-23(5,19)20)15(18)16-13-9-12(21-3)7-8-14(13)22-4/h7-9,11H,6,10H2,1-5H3,(H,16,18)/t11-/m0/s1. The normalized spacial score (nSPS) is 12.4. The molecule has 0 radical (unpaired) electrons. The number of hydrogen-bond acceptors (Lipinski definition) is 5. The first kappa shape index (κ1) is 19.1. The predicted octanol–water partition coefficient (Wildman–Crippen LogP) is 1.99. The summed E-state index contributed by atoms with van der Waals surface area (Å²) in [5.41, 5.74) is 0.460. The second-order valence-corrected chi connectivity index (χ2v) is 7.41. The minimum Gasteiger partial charge on any atom is -0.497 e. The summed E-state index contributed by atoms with van der Waals surface area (Å²) in [7, 11) is -0.146. The first-order chi connectivity index (χ1) is 10.7. The molecular weight excluding hydrogens is 320 g/mol. The van der Waals surface area contributed by atoms with Gasteiger partial charge in [-0.05, 0) is 26.0 Å². The van der Waals surface area contributed by atoms with Crippen molar-refractivity contribution in [3.8, 4) is 11.5 Å². The lowest BCUT2D eigenvalue weighted by Gasteiger charge is -2.28. The van der Waals surface area contributed by atoms with Crippen LogP contribution in [0.5, 0.6) is 11.5 Å². The van der Waals surface area contributed by atoms with Crippen molar-refractivity contribution in [2.45, 2.75) is 19.9 Å². The molecule has 0 aliphatic carbocycles. The van der Waals surface area contributed by atoms with E-state index in [1.807, 2.05) is 0 Å². The lowest BCUT2D eigenvalue weighted by Crippen LogP contribution is -2.44. The molecule has 0 heterocycles. The number of ether oxygens (including phenoxy) is 2. The van der Waals surface area contributed by atoms with Crippen molar-refractivity contribution in [3.05, 3.63) is 18.2 Å². The predicted molar refractivity (Wildman–Crippen MR) is 90.1 cm³/mol. The minimum absolute atomic E-state index is 0.0937. The van der Waals surface area contributed by atoms with Gasteiger partial charge < -0.3 is 19.7 Å². The number of methoxy groups -OCH3 is 2. The van der Waals surface area contributed by atoms with Gasteiger partial charge in [0.1, 0.15) is 21.3 Å². The number of rotatable bonds is 7. The Morgan fingerprint density at radius 2 is 1.96 bits per heavy atom. The van der Waals surface area contributed by atoms with Gasteiger partial charge in [-0.15, -0.1) is 0 Å². The Morgan fingerprint density at radius 3 is 2.43 bits per heavy atom. The molecule has 0 saturated heterocycles. The first-order valence-corrected chi connectivity index (χ1v) is 9.25. The van der Waals surface area contributed by atoms with Crippen LogP contribution in [0.4, 0.5) is 10.5 Å². The number of urea groups is 1. The van der Waals surface area contributed by atoms with Crippen molar-refractivity contribution < 1.29 is 22.7 Å². The summed E-state index contributed by atoms with van der Waals surface area (Å²) in [4.78, 5) is 13.9. The fraction of sp³-hybridized carbons (Fsp3) is 0.533. The summed E-state index contributed by atoms with van der Waals surface area (Å²) in [6.07, 6.45) is 1.15. The van der Waals surface area contributed by atoms with Crippen LogP contribution in [0.15, 0.2) is 18.2 Å². The van der Waals surface area contributed by atoms with E-state index < -0.39 is 21.9 Å². The molecule has 130 valence electrons. The highest BCUT2D eigenvalue weighted by molar-refractivity contribution is 7.90. The summed E-state index contributed by atoms with van der Waals surface area (Å²) in [6.45, 7) is 3.88. The average molecular weight is 344 g/mol. The van der Waals surface area contributed by atoms with Crippen LogP contribution < -0.4 is 14.8 Å². The molecule has 7 nitrogen and oxygen atoms in total. The van der Waals surface area contributed by atoms with E-state index in [0.29, 0.717) is 23.7 Å². The number of amides is 2. The third kappa shape index (κ3) is 5.63. The van der Waals surface area contributed by atoms with Crippen LogP contribution in [0.2, 0.25) is 0 Å². The second-order valence-electron chi connectivity index (χ2n) is 5.22. The molecule has 0 aliphatic rings. The van der Waals surface area contributed by atoms with E-state index in [9.17, 15) is 13.2 Å². The van der Waals surface area contributed by atoms with Crippen LogP contribution in [-0.2, 0) is 9.84 Å². The van der Waals surface area contributed by atoms with Crippen LogP contribution in [-0.4, -0.2) is 58.2 Å². The van der Waals surface area contributed by atoms with Gasteiger partial charge in [-0.2, -0.15) is 0 Å². The second kappa shape index (κ2) is 8.05. The van der Waals surface area contributed by atoms with Crippen LogP contribution in [0.3, 0.4) is 0 Å². The molecule has 8 heteroatoms. The van der Waals surface area contributed by atoms with Gasteiger partial charge in [0.25, 0.3) is 0 Å². The molecule has 1 atom stereocenters. The monoisotopic (exact) mass is 344 g/mol. The number of sulfone groups is 1. The molecular formula is C15H24N2O5S. The van der Waals surface area contributed by atoms with Gasteiger partial charge >= 0.3 is 6.03 Å². The summed E-state index contributed by atoms with van der Waals surface area (Å²) in [5, 5.41) is 2.74. The van der Waals surface area contributed by atoms with Gasteiger partial charge in [0.05, 0.1) is 25.7 Å². The van der Waals surface area contributed by atoms with E-state index in [1.165, 1.54) is 19.1 Å². The van der Waals surface area contributed by atoms with Crippen molar-refractivity contribution in [1.82, 2.24) is 4.90 Å². The maximum Gasteiger partial charge on any atom is 0.322 e. The van der Waals surface area contributed by atoms with Crippen molar-refractivity contribution in [2.75, 3.05) is 38.1 Å². The summed E-state index contributed by atoms with van der Waals surface area (Å²) in [5.74, 6) is 0.975. The Balaban J connectivity index is 2.96. The number of hydrogen-bond donors (Lipinski definition) is 1. The number of carbonyl (C=O) groups excluding carboxylic acids is 1. The number of anilines is 1. The molecule has 1 aromatic rings. The fourth-order valence-corrected chi connectivity index (χ4v) is 3.34. The smallest absolute Gasteiger partial charge is 0.322 e. The highest BCUT2D eigenvalue weighted by atomic mass is 32.2. The molecule has 1 aromatic carbocycles. The Bertz CT molecular complexity index is 645. The highest BCUT2D eigenvalue weighted by Crippen LogP contribution is 2.29. The molecule has 1 N–H and O–H groups in total. The van der Waals surface area contributed by atoms with Crippen molar-refractivity contribution >= 4 is 21.6 Å². The van der Waals surface area contributed by atoms with Crippen LogP contribution >= 0.6 is 0 Å². The van der Waals surface area contributed by atoms with Gasteiger partial charge in [0.2, 0.25) is 0 Å². The number of carbonyl (C=O) groups is 1. The molecule has 0 aliphatic heterocycles. The van der Waals surface area contributed by atoms with Gasteiger partial charge in [0, 0.05) is 24.9 Å². The van der Waals surface area contributed by atoms with E-state index in [2.05, 4.69) is 5.32 Å². The molecule has 0 unspecified atom stereocenters. The largest absolute Gasteiger partial charge is 0.497 e. The maximum absolute atomic E-state index is 12.5. The van der Waals surface area contributed by atoms with Crippen LogP contribution in [0.1, 0.15) is 13.8 Å². The first-order valence-electron chi connectivity index (χ1n) is 7.19. The molecule has 2 amide bonds. The fourth-order valence-electron chi connectivity index (χ4n) is 2.28. The Kier molecular flexibility index (Phi) is 6.68. The minimum atomic E-state index is -3.17. The zero-order valence-electron chi connectivity index (χ0n) is 14.1. The zero-order valence-corrected chi connectivity index (χ0v) is 14.9. The third-order valence-electron chi connectivity index (χ3n) is 3.33. The molecule has 23 heavy (non-hydrogen) atoms. The number of nitrogens with one attached hydrogen (secondary N) is 1. The molecule has 1 rings (SSSR count). The Morgan fingerprint density at radius 1 is 1.30 bits per heavy atom. The van der Waals surface area contributed by atoms with Crippen LogP contribution in [0.25, 0.3) is 0 Å². The highest BCUT2D eigenvalue weighted by Gasteiger charge is 2.23. The topological polar surface area (TPSA) is 84.9 Å². The number of benzene rings is 1. The summed E-state index contributed by atoms with van der Waals surface area (Å²) in [6, 6.07) is 4.22. The zero-order chi connectivity index (χ0) is 17.6. The average Bonchev–Trinajstić information content (AvgIpc) is 2.45. The van der Waals surface area contributed by atoms with Gasteiger partial charge in [0.15, 0.2) is 0 Å². The van der Waals surface area contributed by atoms with Crippen molar-refractivity contribution in [1.29, 1.82) is 0 Å². The SMILES string of the molecule is CCN(C(=O)Nc1cc(OC)ccc1OC)[C@@H](C)CS(C)(=O)=O. The van der Waals surface area contributed by atoms with Crippen molar-refractivity contribution in [2.24, 2.45) is 0 Å². The van der Waals surface area contributed by atoms with Gasteiger partial charge in [-0.3, -0.25) is 0 Å². The quantitative estimate of drug-likeness (QED) is 0.818. The molecule has 0 aromatic heterocycles. The lowest BCUT2D eigenvalue weighted by atomic mass is 10.2. The van der Waals surface area contributed by atoms with Gasteiger partial charge in [-0.1, -0.05) is 0 Å². The molecule has 0 fully saturated rings. The van der Waals surface area contributed by atoms with E-state index in [1.54, 1.807) is 32.0 Å². The van der Waals surface area contributed by atoms with E-state index in [4.69, 9.17) is 9.47 Å². The van der Waals surface area contributed by atoms with E-state index >= 15 is 0 Å². The Labute approximate surface area is 137 Å². The number of nitrogens with zero attached hydrogens (tertiary/aromatic N) is 1. The van der Waals surface area contributed by atoms with E-state index in [0.717, 1.165) is 6.26 Å². The summed E-state index contributed by atoms with van der Waals surface area (Å²) >= 11 is 0.